The summed E-state index contributed by atoms with van der Waals surface area (Å²) in [5.41, 5.74) is 1.55. The fourth-order valence-electron chi connectivity index (χ4n) is 1.82. The van der Waals surface area contributed by atoms with E-state index in [9.17, 15) is 9.59 Å². The lowest BCUT2D eigenvalue weighted by Gasteiger charge is -2.09. The lowest BCUT2D eigenvalue weighted by molar-refractivity contribution is 0.0989. The van der Waals surface area contributed by atoms with Crippen molar-refractivity contribution >= 4 is 29.0 Å². The summed E-state index contributed by atoms with van der Waals surface area (Å²) in [5, 5.41) is 3.33. The molecule has 3 nitrogen and oxygen atoms in total. The van der Waals surface area contributed by atoms with Crippen LogP contribution in [0.2, 0.25) is 5.02 Å². The second kappa shape index (κ2) is 6.35. The van der Waals surface area contributed by atoms with Gasteiger partial charge in [-0.05, 0) is 36.4 Å². The first-order valence-electron chi connectivity index (χ1n) is 6.31. The number of benzene rings is 2. The summed E-state index contributed by atoms with van der Waals surface area (Å²) in [5.74, 6) is -0.268. The maximum Gasteiger partial charge on any atom is 0.255 e. The van der Waals surface area contributed by atoms with Gasteiger partial charge in [0.1, 0.15) is 0 Å². The smallest absolute Gasteiger partial charge is 0.255 e. The zero-order valence-corrected chi connectivity index (χ0v) is 11.8. The van der Waals surface area contributed by atoms with Crippen LogP contribution in [-0.2, 0) is 0 Å². The third kappa shape index (κ3) is 3.25. The molecule has 0 heterocycles. The van der Waals surface area contributed by atoms with Crippen molar-refractivity contribution in [2.24, 2.45) is 0 Å². The van der Waals surface area contributed by atoms with Crippen LogP contribution in [0.5, 0.6) is 0 Å². The molecule has 2 rings (SSSR count). The van der Waals surface area contributed by atoms with E-state index in [4.69, 9.17) is 11.6 Å². The van der Waals surface area contributed by atoms with Crippen molar-refractivity contribution in [2.45, 2.75) is 13.3 Å². The van der Waals surface area contributed by atoms with Crippen LogP contribution in [0.4, 0.5) is 5.69 Å². The molecular formula is C16H14ClNO2. The van der Waals surface area contributed by atoms with Gasteiger partial charge in [-0.15, -0.1) is 0 Å². The number of rotatable bonds is 4. The van der Waals surface area contributed by atoms with Crippen LogP contribution >= 0.6 is 11.6 Å². The number of carbonyl (C=O) groups excluding carboxylic acids is 2. The topological polar surface area (TPSA) is 46.2 Å². The number of Topliss-reactive ketones (excluding diaryl/α,β-unsaturated/α-hetero) is 1. The van der Waals surface area contributed by atoms with E-state index in [1.54, 1.807) is 55.5 Å². The molecule has 1 amide bonds. The molecular weight excluding hydrogens is 274 g/mol. The molecule has 0 saturated heterocycles. The number of anilines is 1. The van der Waals surface area contributed by atoms with Gasteiger partial charge in [-0.1, -0.05) is 30.7 Å². The van der Waals surface area contributed by atoms with Gasteiger partial charge in [0.2, 0.25) is 0 Å². The van der Waals surface area contributed by atoms with Crippen molar-refractivity contribution in [1.82, 2.24) is 0 Å². The quantitative estimate of drug-likeness (QED) is 0.857. The average molecular weight is 288 g/mol. The SMILES string of the molecule is CCC(=O)c1ccccc1NC(=O)c1ccc(Cl)cc1. The first-order chi connectivity index (χ1) is 9.61. The van der Waals surface area contributed by atoms with Gasteiger partial charge in [0.15, 0.2) is 5.78 Å². The highest BCUT2D eigenvalue weighted by atomic mass is 35.5. The Morgan fingerprint density at radius 3 is 2.35 bits per heavy atom. The molecule has 0 fully saturated rings. The predicted molar refractivity (Wildman–Crippen MR) is 80.5 cm³/mol. The maximum absolute atomic E-state index is 12.1. The number of hydrogen-bond acceptors (Lipinski definition) is 2. The molecule has 0 unspecified atom stereocenters. The second-order valence-corrected chi connectivity index (χ2v) is 4.72. The number of ketones is 1. The van der Waals surface area contributed by atoms with Crippen molar-refractivity contribution in [3.8, 4) is 0 Å². The van der Waals surface area contributed by atoms with E-state index in [0.717, 1.165) is 0 Å². The number of para-hydroxylation sites is 1. The molecule has 2 aromatic rings. The van der Waals surface area contributed by atoms with Crippen molar-refractivity contribution in [3.63, 3.8) is 0 Å². The molecule has 20 heavy (non-hydrogen) atoms. The highest BCUT2D eigenvalue weighted by Crippen LogP contribution is 2.18. The molecule has 0 aliphatic carbocycles. The molecule has 0 radical (unpaired) electrons. The minimum atomic E-state index is -0.266. The van der Waals surface area contributed by atoms with E-state index >= 15 is 0 Å². The van der Waals surface area contributed by atoms with Crippen LogP contribution in [-0.4, -0.2) is 11.7 Å². The van der Waals surface area contributed by atoms with Gasteiger partial charge in [0.05, 0.1) is 5.69 Å². The second-order valence-electron chi connectivity index (χ2n) is 4.28. The minimum Gasteiger partial charge on any atom is -0.321 e. The lowest BCUT2D eigenvalue weighted by Crippen LogP contribution is -2.14. The Hall–Kier alpha value is -2.13. The number of nitrogens with one attached hydrogen (secondary N) is 1. The highest BCUT2D eigenvalue weighted by Gasteiger charge is 2.12. The predicted octanol–water partition coefficient (Wildman–Crippen LogP) is 4.19. The van der Waals surface area contributed by atoms with Gasteiger partial charge >= 0.3 is 0 Å². The van der Waals surface area contributed by atoms with Crippen molar-refractivity contribution in [2.75, 3.05) is 5.32 Å². The third-order valence-corrected chi connectivity index (χ3v) is 3.16. The third-order valence-electron chi connectivity index (χ3n) is 2.90. The number of halogens is 1. The van der Waals surface area contributed by atoms with E-state index in [1.165, 1.54) is 0 Å². The zero-order valence-electron chi connectivity index (χ0n) is 11.0. The number of hydrogen-bond donors (Lipinski definition) is 1. The molecule has 2 aromatic carbocycles. The van der Waals surface area contributed by atoms with Crippen LogP contribution in [0.3, 0.4) is 0 Å². The largest absolute Gasteiger partial charge is 0.321 e. The van der Waals surface area contributed by atoms with Crippen LogP contribution in [0, 0.1) is 0 Å². The fourth-order valence-corrected chi connectivity index (χ4v) is 1.95. The van der Waals surface area contributed by atoms with Crippen molar-refractivity contribution in [1.29, 1.82) is 0 Å². The highest BCUT2D eigenvalue weighted by molar-refractivity contribution is 6.30. The van der Waals surface area contributed by atoms with Gasteiger partial charge in [0, 0.05) is 22.6 Å². The Morgan fingerprint density at radius 2 is 1.70 bits per heavy atom. The van der Waals surface area contributed by atoms with E-state index in [-0.39, 0.29) is 11.7 Å². The van der Waals surface area contributed by atoms with E-state index in [0.29, 0.717) is 28.3 Å². The summed E-state index contributed by atoms with van der Waals surface area (Å²) >= 11 is 5.79. The molecule has 4 heteroatoms. The van der Waals surface area contributed by atoms with Gasteiger partial charge < -0.3 is 5.32 Å². The summed E-state index contributed by atoms with van der Waals surface area (Å²) < 4.78 is 0. The summed E-state index contributed by atoms with van der Waals surface area (Å²) in [6.07, 6.45) is 0.397. The Labute approximate surface area is 122 Å². The summed E-state index contributed by atoms with van der Waals surface area (Å²) in [6, 6.07) is 13.6. The van der Waals surface area contributed by atoms with Crippen LogP contribution in [0.15, 0.2) is 48.5 Å². The molecule has 1 N–H and O–H groups in total. The fraction of sp³-hybridized carbons (Fsp3) is 0.125. The Balaban J connectivity index is 2.24. The van der Waals surface area contributed by atoms with Crippen molar-refractivity contribution < 1.29 is 9.59 Å². The Bertz CT molecular complexity index is 635. The van der Waals surface area contributed by atoms with Gasteiger partial charge in [-0.2, -0.15) is 0 Å². The van der Waals surface area contributed by atoms with Gasteiger partial charge in [-0.25, -0.2) is 0 Å². The first-order valence-corrected chi connectivity index (χ1v) is 6.68. The summed E-state index contributed by atoms with van der Waals surface area (Å²) in [7, 11) is 0. The lowest BCUT2D eigenvalue weighted by atomic mass is 10.1. The average Bonchev–Trinajstić information content (AvgIpc) is 2.47. The van der Waals surface area contributed by atoms with Crippen LogP contribution in [0.1, 0.15) is 34.1 Å². The zero-order chi connectivity index (χ0) is 14.5. The maximum atomic E-state index is 12.1. The summed E-state index contributed by atoms with van der Waals surface area (Å²) in [6.45, 7) is 1.79. The van der Waals surface area contributed by atoms with Gasteiger partial charge in [-0.3, -0.25) is 9.59 Å². The monoisotopic (exact) mass is 287 g/mol. The molecule has 0 spiro atoms. The minimum absolute atomic E-state index is 0.00277. The Morgan fingerprint density at radius 1 is 1.05 bits per heavy atom. The van der Waals surface area contributed by atoms with Crippen molar-refractivity contribution in [3.05, 3.63) is 64.7 Å². The molecule has 0 bridgehead atoms. The van der Waals surface area contributed by atoms with Crippen LogP contribution in [0.25, 0.3) is 0 Å². The first kappa shape index (κ1) is 14.3. The Kier molecular flexibility index (Phi) is 4.53. The molecule has 0 atom stereocenters. The molecule has 102 valence electrons. The van der Waals surface area contributed by atoms with E-state index in [2.05, 4.69) is 5.32 Å². The molecule has 0 saturated carbocycles. The van der Waals surface area contributed by atoms with Gasteiger partial charge in [0.25, 0.3) is 5.91 Å². The molecule has 0 aromatic heterocycles. The van der Waals surface area contributed by atoms with Crippen LogP contribution < -0.4 is 5.32 Å². The molecule has 0 aliphatic heterocycles. The number of amides is 1. The summed E-state index contributed by atoms with van der Waals surface area (Å²) in [4.78, 5) is 24.0. The number of carbonyl (C=O) groups is 2. The van der Waals surface area contributed by atoms with E-state index in [1.807, 2.05) is 0 Å². The normalized spacial score (nSPS) is 10.1. The van der Waals surface area contributed by atoms with E-state index < -0.39 is 0 Å². The molecule has 0 aliphatic rings. The standard InChI is InChI=1S/C16H14ClNO2/c1-2-15(19)13-5-3-4-6-14(13)18-16(20)11-7-9-12(17)10-8-11/h3-10H,2H2,1H3,(H,18,20).